The topological polar surface area (TPSA) is 68.2 Å². The number of likely N-dealkylation sites (N-methyl/N-ethyl adjacent to an activating group) is 1. The first-order valence-corrected chi connectivity index (χ1v) is 7.65. The quantitative estimate of drug-likeness (QED) is 0.840. The minimum Gasteiger partial charge on any atom is -0.492 e. The van der Waals surface area contributed by atoms with E-state index in [1.807, 2.05) is 52.0 Å². The Labute approximate surface area is 137 Å². The number of hydrogen-bond donors (Lipinski definition) is 1. The molecule has 1 aliphatic heterocycles. The van der Waals surface area contributed by atoms with Gasteiger partial charge >= 0.3 is 13.2 Å². The maximum Gasteiger partial charge on any atom is 0.494 e. The predicted octanol–water partition coefficient (Wildman–Crippen LogP) is 1.97. The molecule has 0 aromatic heterocycles. The largest absolute Gasteiger partial charge is 0.494 e. The molecule has 0 atom stereocenters. The third-order valence-corrected chi connectivity index (χ3v) is 4.41. The molecular formula is C16H24BNO5. The predicted molar refractivity (Wildman–Crippen MR) is 88.3 cm³/mol. The van der Waals surface area contributed by atoms with Crippen molar-refractivity contribution >= 4 is 18.7 Å². The lowest BCUT2D eigenvalue weighted by Crippen LogP contribution is -2.41. The Kier molecular flexibility index (Phi) is 4.91. The van der Waals surface area contributed by atoms with Gasteiger partial charge in [-0.25, -0.2) is 4.79 Å². The van der Waals surface area contributed by atoms with Crippen LogP contribution in [0.2, 0.25) is 0 Å². The molecule has 6 nitrogen and oxygen atoms in total. The molecule has 1 saturated heterocycles. The number of carbonyl (C=O) groups is 1. The first-order chi connectivity index (χ1) is 10.6. The summed E-state index contributed by atoms with van der Waals surface area (Å²) in [7, 11) is 1.07. The Morgan fingerprint density at radius 2 is 1.87 bits per heavy atom. The van der Waals surface area contributed by atoms with E-state index in [4.69, 9.17) is 19.2 Å². The maximum atomic E-state index is 10.7. The molecule has 1 heterocycles. The molecule has 0 unspecified atom stereocenters. The normalized spacial score (nSPS) is 18.7. The standard InChI is InChI=1S/C16H24BNO5/c1-15(2)16(3,4)23-17(22-15)12-7-6-8-13(11-12)21-10-9-18(5)14(19)20/h6-8,11H,9-10H2,1-5H3,(H,19,20). The summed E-state index contributed by atoms with van der Waals surface area (Å²) >= 11 is 0. The lowest BCUT2D eigenvalue weighted by molar-refractivity contribution is 0.00578. The summed E-state index contributed by atoms with van der Waals surface area (Å²) in [5.74, 6) is 0.663. The molecule has 1 fully saturated rings. The molecule has 7 heteroatoms. The summed E-state index contributed by atoms with van der Waals surface area (Å²) in [6.45, 7) is 8.63. The van der Waals surface area contributed by atoms with Crippen molar-refractivity contribution in [2.45, 2.75) is 38.9 Å². The Morgan fingerprint density at radius 1 is 1.26 bits per heavy atom. The zero-order chi connectivity index (χ0) is 17.3. The summed E-state index contributed by atoms with van der Waals surface area (Å²) in [5, 5.41) is 8.80. The van der Waals surface area contributed by atoms with Crippen LogP contribution in [0.1, 0.15) is 27.7 Å². The van der Waals surface area contributed by atoms with E-state index >= 15 is 0 Å². The molecule has 1 aromatic rings. The van der Waals surface area contributed by atoms with Crippen molar-refractivity contribution in [3.63, 3.8) is 0 Å². The van der Waals surface area contributed by atoms with Gasteiger partial charge in [-0.2, -0.15) is 0 Å². The molecule has 0 saturated carbocycles. The van der Waals surface area contributed by atoms with Crippen LogP contribution in [-0.2, 0) is 9.31 Å². The van der Waals surface area contributed by atoms with Crippen LogP contribution in [0.4, 0.5) is 4.79 Å². The number of ether oxygens (including phenoxy) is 1. The Bertz CT molecular complexity index is 559. The van der Waals surface area contributed by atoms with Gasteiger partial charge in [0.05, 0.1) is 17.7 Å². The highest BCUT2D eigenvalue weighted by atomic mass is 16.7. The van der Waals surface area contributed by atoms with Crippen molar-refractivity contribution in [1.29, 1.82) is 0 Å². The Morgan fingerprint density at radius 3 is 2.43 bits per heavy atom. The smallest absolute Gasteiger partial charge is 0.492 e. The first kappa shape index (κ1) is 17.6. The van der Waals surface area contributed by atoms with Crippen LogP contribution in [-0.4, -0.2) is 54.6 Å². The average molecular weight is 321 g/mol. The number of benzene rings is 1. The van der Waals surface area contributed by atoms with Gasteiger partial charge in [0.2, 0.25) is 0 Å². The van der Waals surface area contributed by atoms with Crippen molar-refractivity contribution in [2.75, 3.05) is 20.2 Å². The summed E-state index contributed by atoms with van der Waals surface area (Å²) < 4.78 is 17.6. The average Bonchev–Trinajstić information content (AvgIpc) is 2.67. The summed E-state index contributed by atoms with van der Waals surface area (Å²) in [4.78, 5) is 11.9. The van der Waals surface area contributed by atoms with Crippen LogP contribution in [0.15, 0.2) is 24.3 Å². The second kappa shape index (κ2) is 6.41. The first-order valence-electron chi connectivity index (χ1n) is 7.65. The summed E-state index contributed by atoms with van der Waals surface area (Å²) in [5.41, 5.74) is 0.102. The molecule has 0 bridgehead atoms. The molecular weight excluding hydrogens is 297 g/mol. The second-order valence-corrected chi connectivity index (χ2v) is 6.71. The molecule has 1 amide bonds. The van der Waals surface area contributed by atoms with E-state index in [0.29, 0.717) is 12.3 Å². The van der Waals surface area contributed by atoms with Crippen LogP contribution in [0.3, 0.4) is 0 Å². The molecule has 0 radical (unpaired) electrons. The number of amides is 1. The third-order valence-electron chi connectivity index (χ3n) is 4.41. The fourth-order valence-corrected chi connectivity index (χ4v) is 2.13. The zero-order valence-electron chi connectivity index (χ0n) is 14.3. The molecule has 23 heavy (non-hydrogen) atoms. The van der Waals surface area contributed by atoms with E-state index in [-0.39, 0.29) is 6.61 Å². The zero-order valence-corrected chi connectivity index (χ0v) is 14.3. The molecule has 0 aliphatic carbocycles. The monoisotopic (exact) mass is 321 g/mol. The van der Waals surface area contributed by atoms with Crippen LogP contribution in [0.25, 0.3) is 0 Å². The molecule has 1 aromatic carbocycles. The van der Waals surface area contributed by atoms with Gasteiger partial charge in [-0.05, 0) is 45.3 Å². The van der Waals surface area contributed by atoms with Crippen molar-refractivity contribution in [3.05, 3.63) is 24.3 Å². The highest BCUT2D eigenvalue weighted by molar-refractivity contribution is 6.62. The fraction of sp³-hybridized carbons (Fsp3) is 0.562. The number of hydrogen-bond acceptors (Lipinski definition) is 4. The van der Waals surface area contributed by atoms with Crippen molar-refractivity contribution in [3.8, 4) is 5.75 Å². The van der Waals surface area contributed by atoms with Crippen molar-refractivity contribution < 1.29 is 23.9 Å². The lowest BCUT2D eigenvalue weighted by atomic mass is 9.79. The molecule has 0 spiro atoms. The minimum atomic E-state index is -0.973. The molecule has 1 N–H and O–H groups in total. The van der Waals surface area contributed by atoms with Gasteiger partial charge in [-0.15, -0.1) is 0 Å². The van der Waals surface area contributed by atoms with E-state index in [1.54, 1.807) is 0 Å². The highest BCUT2D eigenvalue weighted by Crippen LogP contribution is 2.36. The van der Waals surface area contributed by atoms with Gasteiger partial charge in [0.25, 0.3) is 0 Å². The van der Waals surface area contributed by atoms with Crippen LogP contribution >= 0.6 is 0 Å². The third kappa shape index (κ3) is 3.97. The Hall–Kier alpha value is -1.73. The van der Waals surface area contributed by atoms with E-state index < -0.39 is 24.4 Å². The van der Waals surface area contributed by atoms with E-state index in [0.717, 1.165) is 5.46 Å². The van der Waals surface area contributed by atoms with Gasteiger partial charge in [0, 0.05) is 7.05 Å². The highest BCUT2D eigenvalue weighted by Gasteiger charge is 2.51. The van der Waals surface area contributed by atoms with E-state index in [1.165, 1.54) is 11.9 Å². The van der Waals surface area contributed by atoms with Crippen molar-refractivity contribution in [1.82, 2.24) is 4.90 Å². The van der Waals surface area contributed by atoms with E-state index in [9.17, 15) is 4.79 Å². The molecule has 126 valence electrons. The number of carboxylic acid groups (broad SMARTS) is 1. The van der Waals surface area contributed by atoms with E-state index in [2.05, 4.69) is 0 Å². The van der Waals surface area contributed by atoms with Crippen LogP contribution in [0, 0.1) is 0 Å². The number of rotatable bonds is 5. The van der Waals surface area contributed by atoms with Gasteiger partial charge in [0.15, 0.2) is 0 Å². The van der Waals surface area contributed by atoms with Gasteiger partial charge in [-0.1, -0.05) is 12.1 Å². The second-order valence-electron chi connectivity index (χ2n) is 6.71. The van der Waals surface area contributed by atoms with Crippen LogP contribution in [0.5, 0.6) is 5.75 Å². The molecule has 2 rings (SSSR count). The molecule has 1 aliphatic rings. The minimum absolute atomic E-state index is 0.287. The summed E-state index contributed by atoms with van der Waals surface area (Å²) in [6.07, 6.45) is -0.973. The summed E-state index contributed by atoms with van der Waals surface area (Å²) in [6, 6.07) is 7.49. The van der Waals surface area contributed by atoms with Gasteiger partial charge in [0.1, 0.15) is 12.4 Å². The maximum absolute atomic E-state index is 10.7. The SMILES string of the molecule is CN(CCOc1cccc(B2OC(C)(C)C(C)(C)O2)c1)C(=O)O. The van der Waals surface area contributed by atoms with Gasteiger partial charge < -0.3 is 24.1 Å². The fourth-order valence-electron chi connectivity index (χ4n) is 2.13. The Balaban J connectivity index is 2.00. The number of nitrogens with zero attached hydrogens (tertiary/aromatic N) is 1. The lowest BCUT2D eigenvalue weighted by Gasteiger charge is -2.32. The van der Waals surface area contributed by atoms with Gasteiger partial charge in [-0.3, -0.25) is 0 Å². The van der Waals surface area contributed by atoms with Crippen molar-refractivity contribution in [2.24, 2.45) is 0 Å². The van der Waals surface area contributed by atoms with Crippen LogP contribution < -0.4 is 10.2 Å².